The van der Waals surface area contributed by atoms with Crippen LogP contribution in [-0.2, 0) is 23.9 Å². The highest BCUT2D eigenvalue weighted by molar-refractivity contribution is 5.83. The van der Waals surface area contributed by atoms with Gasteiger partial charge in [-0.25, -0.2) is 0 Å². The van der Waals surface area contributed by atoms with Crippen molar-refractivity contribution >= 4 is 17.8 Å². The molecule has 2 fully saturated rings. The normalized spacial score (nSPS) is 36.9. The number of ether oxygens (including phenoxy) is 2. The Hall–Kier alpha value is -2.09. The monoisotopic (exact) mass is 723 g/mol. The molecule has 0 aliphatic heterocycles. The molecule has 0 bridgehead atoms. The molecule has 0 spiro atoms. The van der Waals surface area contributed by atoms with E-state index in [0.29, 0.717) is 25.7 Å². The SMILES string of the molecule is COC(=O)CNC(=O)CC(C)(O)CC(=O)O[C@H]1[C@H](O)C[C@]2(C)C3=C(CCC2C1(C)C)[C@]1(C)CC[C@H](C(CO)CC[C@@H](O)C(C)(C)O)[C@@]1(C)[C@@H](O)C3. The molecule has 11 atom stereocenters. The second-order valence-corrected chi connectivity index (χ2v) is 18.3. The summed E-state index contributed by atoms with van der Waals surface area (Å²) >= 11 is 0. The van der Waals surface area contributed by atoms with Crippen LogP contribution >= 0.6 is 0 Å². The Morgan fingerprint density at radius 2 is 1.61 bits per heavy atom. The lowest BCUT2D eigenvalue weighted by Gasteiger charge is -2.64. The number of carbonyl (C=O) groups excluding carboxylic acids is 3. The molecule has 12 heteroatoms. The Morgan fingerprint density at radius 1 is 0.961 bits per heavy atom. The van der Waals surface area contributed by atoms with Gasteiger partial charge in [0.2, 0.25) is 5.91 Å². The van der Waals surface area contributed by atoms with Crippen LogP contribution in [0.1, 0.15) is 120 Å². The van der Waals surface area contributed by atoms with Gasteiger partial charge in [0, 0.05) is 17.4 Å². The maximum Gasteiger partial charge on any atom is 0.325 e. The molecule has 0 heterocycles. The standard InChI is InChI=1S/C39H65NO11/c1-34(2)27-12-11-24-25(16-29(44)39(8)23(14-15-38(24,39)7)22(21-41)10-13-28(43)35(3,4)48)37(27,6)17-26(42)33(34)51-31(46)19-36(5,49)18-30(45)40-20-32(47)50-9/h22-23,26-29,33,41-44,48-49H,10-21H2,1-9H3,(H,40,45)/t22?,23-,26-,27?,28-,29+,33+,36?,37-,38+,39+/m1/s1. The third-order valence-corrected chi connectivity index (χ3v) is 14.2. The van der Waals surface area contributed by atoms with Crippen molar-refractivity contribution in [3.8, 4) is 0 Å². The molecule has 4 rings (SSSR count). The van der Waals surface area contributed by atoms with Gasteiger partial charge in [-0.2, -0.15) is 0 Å². The fourth-order valence-corrected chi connectivity index (χ4v) is 11.2. The highest BCUT2D eigenvalue weighted by Crippen LogP contribution is 2.72. The van der Waals surface area contributed by atoms with Crippen molar-refractivity contribution in [2.24, 2.45) is 39.4 Å². The van der Waals surface area contributed by atoms with Crippen LogP contribution in [0, 0.1) is 39.4 Å². The van der Waals surface area contributed by atoms with Gasteiger partial charge in [-0.3, -0.25) is 14.4 Å². The highest BCUT2D eigenvalue weighted by atomic mass is 16.6. The van der Waals surface area contributed by atoms with Gasteiger partial charge in [-0.1, -0.05) is 45.8 Å². The number of fused-ring (bicyclic) bond motifs is 4. The molecule has 12 nitrogen and oxygen atoms in total. The van der Waals surface area contributed by atoms with Crippen molar-refractivity contribution in [1.29, 1.82) is 0 Å². The van der Waals surface area contributed by atoms with Crippen LogP contribution in [0.25, 0.3) is 0 Å². The predicted molar refractivity (Wildman–Crippen MR) is 189 cm³/mol. The van der Waals surface area contributed by atoms with E-state index in [2.05, 4.69) is 30.8 Å². The first-order chi connectivity index (χ1) is 23.4. The zero-order chi connectivity index (χ0) is 38.5. The molecule has 3 unspecified atom stereocenters. The van der Waals surface area contributed by atoms with Crippen LogP contribution in [-0.4, -0.2) is 104 Å². The van der Waals surface area contributed by atoms with Crippen molar-refractivity contribution < 1.29 is 54.5 Å². The summed E-state index contributed by atoms with van der Waals surface area (Å²) in [6.45, 7) is 14.7. The molecule has 1 amide bonds. The zero-order valence-corrected chi connectivity index (χ0v) is 32.3. The fraction of sp³-hybridized carbons (Fsp3) is 0.872. The molecule has 0 radical (unpaired) electrons. The molecule has 7 N–H and O–H groups in total. The van der Waals surface area contributed by atoms with Gasteiger partial charge >= 0.3 is 11.9 Å². The fourth-order valence-electron chi connectivity index (χ4n) is 11.2. The first kappa shape index (κ1) is 41.7. The molecule has 292 valence electrons. The van der Waals surface area contributed by atoms with Crippen LogP contribution in [0.15, 0.2) is 11.1 Å². The van der Waals surface area contributed by atoms with E-state index in [4.69, 9.17) is 4.74 Å². The van der Waals surface area contributed by atoms with E-state index in [1.807, 2.05) is 13.8 Å². The molecule has 4 aliphatic rings. The summed E-state index contributed by atoms with van der Waals surface area (Å²) in [5.74, 6) is -2.11. The number of aliphatic hydroxyl groups excluding tert-OH is 4. The largest absolute Gasteiger partial charge is 0.468 e. The number of esters is 2. The molecule has 4 aliphatic carbocycles. The number of hydrogen-bond acceptors (Lipinski definition) is 11. The third-order valence-electron chi connectivity index (χ3n) is 14.2. The smallest absolute Gasteiger partial charge is 0.325 e. The van der Waals surface area contributed by atoms with Crippen molar-refractivity contribution in [2.75, 3.05) is 20.3 Å². The Bertz CT molecular complexity index is 1350. The lowest BCUT2D eigenvalue weighted by atomic mass is 9.42. The van der Waals surface area contributed by atoms with Crippen LogP contribution < -0.4 is 5.32 Å². The van der Waals surface area contributed by atoms with Gasteiger partial charge < -0.3 is 45.4 Å². The van der Waals surface area contributed by atoms with E-state index < -0.39 is 82.6 Å². The molecule has 51 heavy (non-hydrogen) atoms. The van der Waals surface area contributed by atoms with Crippen LogP contribution in [0.3, 0.4) is 0 Å². The molecule has 0 aromatic carbocycles. The van der Waals surface area contributed by atoms with Crippen LogP contribution in [0.2, 0.25) is 0 Å². The number of rotatable bonds is 13. The summed E-state index contributed by atoms with van der Waals surface area (Å²) in [5.41, 5.74) is -2.47. The lowest BCUT2D eigenvalue weighted by molar-refractivity contribution is -0.198. The number of hydrogen-bond donors (Lipinski definition) is 7. The summed E-state index contributed by atoms with van der Waals surface area (Å²) in [5, 5.41) is 68.5. The van der Waals surface area contributed by atoms with Crippen LogP contribution in [0.5, 0.6) is 0 Å². The minimum absolute atomic E-state index is 0.0143. The average Bonchev–Trinajstić information content (AvgIpc) is 3.30. The average molecular weight is 724 g/mol. The molecular formula is C39H65NO11. The Morgan fingerprint density at radius 3 is 2.20 bits per heavy atom. The van der Waals surface area contributed by atoms with E-state index in [1.165, 1.54) is 25.2 Å². The first-order valence-corrected chi connectivity index (χ1v) is 18.7. The molecule has 2 saturated carbocycles. The van der Waals surface area contributed by atoms with Gasteiger partial charge in [-0.05, 0) is 101 Å². The number of carbonyl (C=O) groups is 3. The zero-order valence-electron chi connectivity index (χ0n) is 32.3. The van der Waals surface area contributed by atoms with Gasteiger partial charge in [-0.15, -0.1) is 0 Å². The van der Waals surface area contributed by atoms with Crippen molar-refractivity contribution in [1.82, 2.24) is 5.32 Å². The van der Waals surface area contributed by atoms with Gasteiger partial charge in [0.1, 0.15) is 12.6 Å². The van der Waals surface area contributed by atoms with E-state index in [-0.39, 0.29) is 36.3 Å². The van der Waals surface area contributed by atoms with Crippen molar-refractivity contribution in [2.45, 2.75) is 155 Å². The van der Waals surface area contributed by atoms with Crippen molar-refractivity contribution in [3.05, 3.63) is 11.1 Å². The second kappa shape index (κ2) is 14.6. The quantitative estimate of drug-likeness (QED) is 0.109. The summed E-state index contributed by atoms with van der Waals surface area (Å²) in [4.78, 5) is 36.9. The minimum atomic E-state index is -1.75. The van der Waals surface area contributed by atoms with E-state index in [9.17, 15) is 45.0 Å². The number of amides is 1. The topological polar surface area (TPSA) is 203 Å². The number of aliphatic hydroxyl groups is 6. The molecule has 0 aromatic rings. The second-order valence-electron chi connectivity index (χ2n) is 18.3. The maximum atomic E-state index is 13.2. The van der Waals surface area contributed by atoms with Crippen LogP contribution in [0.4, 0.5) is 0 Å². The lowest BCUT2D eigenvalue weighted by Crippen LogP contribution is -2.62. The number of allylic oxidation sites excluding steroid dienone is 1. The third kappa shape index (κ3) is 7.65. The van der Waals surface area contributed by atoms with Gasteiger partial charge in [0.15, 0.2) is 0 Å². The van der Waals surface area contributed by atoms with E-state index in [1.54, 1.807) is 13.8 Å². The summed E-state index contributed by atoms with van der Waals surface area (Å²) in [6, 6.07) is 0. The summed E-state index contributed by atoms with van der Waals surface area (Å²) in [6.07, 6.45) is 0.551. The van der Waals surface area contributed by atoms with Gasteiger partial charge in [0.25, 0.3) is 0 Å². The van der Waals surface area contributed by atoms with Crippen molar-refractivity contribution in [3.63, 3.8) is 0 Å². The Balaban J connectivity index is 1.53. The molecule has 0 saturated heterocycles. The highest BCUT2D eigenvalue weighted by Gasteiger charge is 2.67. The number of nitrogens with one attached hydrogen (secondary N) is 1. The molecule has 0 aromatic heterocycles. The first-order valence-electron chi connectivity index (χ1n) is 18.7. The summed E-state index contributed by atoms with van der Waals surface area (Å²) in [7, 11) is 1.19. The minimum Gasteiger partial charge on any atom is -0.468 e. The van der Waals surface area contributed by atoms with Gasteiger partial charge in [0.05, 0.1) is 49.5 Å². The van der Waals surface area contributed by atoms with E-state index >= 15 is 0 Å². The maximum absolute atomic E-state index is 13.2. The predicted octanol–water partition coefficient (Wildman–Crippen LogP) is 2.93. The van der Waals surface area contributed by atoms with E-state index in [0.717, 1.165) is 25.7 Å². The molecular weight excluding hydrogens is 658 g/mol. The summed E-state index contributed by atoms with van der Waals surface area (Å²) < 4.78 is 10.4. The Kier molecular flexibility index (Phi) is 11.9. The Labute approximate surface area is 303 Å². The number of methoxy groups -OCH3 is 1.